The molecule has 4 amide bonds. The van der Waals surface area contributed by atoms with Crippen LogP contribution in [0.4, 0.5) is 4.79 Å². The van der Waals surface area contributed by atoms with Gasteiger partial charge in [-0.3, -0.25) is 14.5 Å². The smallest absolute Gasteiger partial charge is 0.325 e. The second-order valence-corrected chi connectivity index (χ2v) is 7.57. The van der Waals surface area contributed by atoms with Crippen molar-refractivity contribution in [3.8, 4) is 0 Å². The summed E-state index contributed by atoms with van der Waals surface area (Å²) in [5.41, 5.74) is 2.00. The number of urea groups is 1. The summed E-state index contributed by atoms with van der Waals surface area (Å²) in [5.74, 6) is -0.593. The first-order valence-electron chi connectivity index (χ1n) is 8.50. The van der Waals surface area contributed by atoms with Crippen LogP contribution < -0.4 is 5.32 Å². The summed E-state index contributed by atoms with van der Waals surface area (Å²) in [7, 11) is 0. The number of imide groups is 1. The average Bonchev–Trinajstić information content (AvgIpc) is 3.26. The number of rotatable bonds is 3. The molecule has 1 aromatic carbocycles. The first-order valence-corrected chi connectivity index (χ1v) is 9.44. The Kier molecular flexibility index (Phi) is 4.03. The van der Waals surface area contributed by atoms with E-state index in [4.69, 9.17) is 0 Å². The van der Waals surface area contributed by atoms with Gasteiger partial charge in [0.1, 0.15) is 12.1 Å². The minimum absolute atomic E-state index is 0.211. The lowest BCUT2D eigenvalue weighted by Gasteiger charge is -2.30. The zero-order valence-electron chi connectivity index (χ0n) is 14.4. The van der Waals surface area contributed by atoms with Crippen LogP contribution in [0.25, 0.3) is 0 Å². The monoisotopic (exact) mass is 369 g/mol. The van der Waals surface area contributed by atoms with Gasteiger partial charge in [0.2, 0.25) is 5.91 Å². The molecule has 3 heterocycles. The standard InChI is InChI=1S/C19H19N3O3S/c1-19(15-7-9-26-12-15)17(24)22(18(25)20-19)11-16(23)21-8-6-13-4-2-3-5-14(13)10-21/h2-5,7,9,12H,6,8,10-11H2,1H3,(H,20,25)/t19-/m0/s1. The minimum atomic E-state index is -1.11. The highest BCUT2D eigenvalue weighted by atomic mass is 32.1. The van der Waals surface area contributed by atoms with E-state index in [2.05, 4.69) is 11.4 Å². The average molecular weight is 369 g/mol. The van der Waals surface area contributed by atoms with Gasteiger partial charge in [0.05, 0.1) is 0 Å². The van der Waals surface area contributed by atoms with Crippen molar-refractivity contribution in [3.63, 3.8) is 0 Å². The highest BCUT2D eigenvalue weighted by Gasteiger charge is 2.49. The molecule has 1 fully saturated rings. The van der Waals surface area contributed by atoms with E-state index in [0.29, 0.717) is 13.1 Å². The quantitative estimate of drug-likeness (QED) is 0.843. The molecule has 0 unspecified atom stereocenters. The van der Waals surface area contributed by atoms with Crippen molar-refractivity contribution < 1.29 is 14.4 Å². The summed E-state index contributed by atoms with van der Waals surface area (Å²) in [5, 5.41) is 6.43. The van der Waals surface area contributed by atoms with E-state index >= 15 is 0 Å². The van der Waals surface area contributed by atoms with Gasteiger partial charge < -0.3 is 10.2 Å². The molecule has 1 saturated heterocycles. The van der Waals surface area contributed by atoms with Crippen LogP contribution in [0, 0.1) is 0 Å². The molecule has 7 heteroatoms. The number of amides is 4. The predicted molar refractivity (Wildman–Crippen MR) is 97.5 cm³/mol. The van der Waals surface area contributed by atoms with Crippen LogP contribution in [0.15, 0.2) is 41.1 Å². The Bertz CT molecular complexity index is 880. The van der Waals surface area contributed by atoms with Crippen LogP contribution in [0.3, 0.4) is 0 Å². The second-order valence-electron chi connectivity index (χ2n) is 6.79. The molecule has 0 spiro atoms. The fourth-order valence-corrected chi connectivity index (χ4v) is 4.29. The van der Waals surface area contributed by atoms with E-state index in [0.717, 1.165) is 22.4 Å². The van der Waals surface area contributed by atoms with Gasteiger partial charge in [0.25, 0.3) is 5.91 Å². The molecule has 1 aromatic heterocycles. The molecule has 0 aliphatic carbocycles. The van der Waals surface area contributed by atoms with E-state index < -0.39 is 11.6 Å². The van der Waals surface area contributed by atoms with Gasteiger partial charge in [0.15, 0.2) is 0 Å². The first-order chi connectivity index (χ1) is 12.5. The van der Waals surface area contributed by atoms with Crippen LogP contribution in [0.1, 0.15) is 23.6 Å². The number of carbonyl (C=O) groups is 3. The van der Waals surface area contributed by atoms with Crippen LogP contribution in [0.2, 0.25) is 0 Å². The molecule has 6 nitrogen and oxygen atoms in total. The maximum absolute atomic E-state index is 12.8. The molecule has 4 rings (SSSR count). The van der Waals surface area contributed by atoms with Gasteiger partial charge >= 0.3 is 6.03 Å². The van der Waals surface area contributed by atoms with Crippen molar-refractivity contribution in [1.82, 2.24) is 15.1 Å². The van der Waals surface area contributed by atoms with Gasteiger partial charge in [-0.2, -0.15) is 11.3 Å². The second kappa shape index (κ2) is 6.25. The van der Waals surface area contributed by atoms with E-state index in [-0.39, 0.29) is 18.4 Å². The SMILES string of the molecule is C[C@@]1(c2ccsc2)NC(=O)N(CC(=O)N2CCc3ccccc3C2)C1=O. The normalized spacial score (nSPS) is 22.3. The number of hydrogen-bond donors (Lipinski definition) is 1. The molecule has 2 aromatic rings. The zero-order valence-corrected chi connectivity index (χ0v) is 15.2. The molecule has 0 bridgehead atoms. The van der Waals surface area contributed by atoms with Crippen LogP contribution in [0.5, 0.6) is 0 Å². The van der Waals surface area contributed by atoms with Gasteiger partial charge in [-0.25, -0.2) is 4.79 Å². The molecule has 0 radical (unpaired) electrons. The van der Waals surface area contributed by atoms with Crippen LogP contribution in [-0.4, -0.2) is 40.7 Å². The summed E-state index contributed by atoms with van der Waals surface area (Å²) in [6.07, 6.45) is 0.786. The molecular formula is C19H19N3O3S. The number of benzene rings is 1. The fraction of sp³-hybridized carbons (Fsp3) is 0.316. The van der Waals surface area contributed by atoms with Gasteiger partial charge in [0, 0.05) is 13.1 Å². The Morgan fingerprint density at radius 1 is 1.23 bits per heavy atom. The van der Waals surface area contributed by atoms with Crippen molar-refractivity contribution >= 4 is 29.2 Å². The molecular weight excluding hydrogens is 350 g/mol. The third-order valence-electron chi connectivity index (χ3n) is 5.15. The van der Waals surface area contributed by atoms with E-state index in [9.17, 15) is 14.4 Å². The van der Waals surface area contributed by atoms with Gasteiger partial charge in [-0.05, 0) is 46.9 Å². The molecule has 2 aliphatic rings. The molecule has 1 atom stereocenters. The number of thiophene rings is 1. The Labute approximate surface area is 155 Å². The Morgan fingerprint density at radius 3 is 2.73 bits per heavy atom. The number of carbonyl (C=O) groups excluding carboxylic acids is 3. The van der Waals surface area contributed by atoms with Crippen molar-refractivity contribution in [3.05, 3.63) is 57.8 Å². The molecule has 134 valence electrons. The van der Waals surface area contributed by atoms with Crippen molar-refractivity contribution in [2.24, 2.45) is 0 Å². The summed E-state index contributed by atoms with van der Waals surface area (Å²) in [6.45, 7) is 2.56. The fourth-order valence-electron chi connectivity index (χ4n) is 3.53. The van der Waals surface area contributed by atoms with Crippen molar-refractivity contribution in [2.45, 2.75) is 25.4 Å². The highest BCUT2D eigenvalue weighted by molar-refractivity contribution is 7.08. The predicted octanol–water partition coefficient (Wildman–Crippen LogP) is 2.10. The molecule has 26 heavy (non-hydrogen) atoms. The molecule has 2 aliphatic heterocycles. The largest absolute Gasteiger partial charge is 0.336 e. The number of nitrogens with zero attached hydrogens (tertiary/aromatic N) is 2. The first kappa shape index (κ1) is 16.8. The van der Waals surface area contributed by atoms with Crippen molar-refractivity contribution in [1.29, 1.82) is 0 Å². The third kappa shape index (κ3) is 2.68. The maximum atomic E-state index is 12.8. The Balaban J connectivity index is 1.48. The lowest BCUT2D eigenvalue weighted by atomic mass is 9.95. The molecule has 1 N–H and O–H groups in total. The lowest BCUT2D eigenvalue weighted by molar-refractivity contribution is -0.139. The van der Waals surface area contributed by atoms with E-state index in [1.165, 1.54) is 16.9 Å². The number of fused-ring (bicyclic) bond motifs is 1. The van der Waals surface area contributed by atoms with Crippen molar-refractivity contribution in [2.75, 3.05) is 13.1 Å². The summed E-state index contributed by atoms with van der Waals surface area (Å²) in [6, 6.07) is 9.33. The lowest BCUT2D eigenvalue weighted by Crippen LogP contribution is -2.45. The summed E-state index contributed by atoms with van der Waals surface area (Å²) < 4.78 is 0. The Morgan fingerprint density at radius 2 is 2.00 bits per heavy atom. The topological polar surface area (TPSA) is 69.7 Å². The van der Waals surface area contributed by atoms with Gasteiger partial charge in [-0.15, -0.1) is 0 Å². The summed E-state index contributed by atoms with van der Waals surface area (Å²) >= 11 is 1.46. The zero-order chi connectivity index (χ0) is 18.3. The van der Waals surface area contributed by atoms with Gasteiger partial charge in [-0.1, -0.05) is 24.3 Å². The van der Waals surface area contributed by atoms with Crippen LogP contribution in [-0.2, 0) is 28.1 Å². The Hall–Kier alpha value is -2.67. The molecule has 0 saturated carbocycles. The van der Waals surface area contributed by atoms with Crippen LogP contribution >= 0.6 is 11.3 Å². The highest BCUT2D eigenvalue weighted by Crippen LogP contribution is 2.30. The number of nitrogens with one attached hydrogen (secondary N) is 1. The van der Waals surface area contributed by atoms with E-state index in [1.807, 2.05) is 35.0 Å². The maximum Gasteiger partial charge on any atom is 0.325 e. The number of hydrogen-bond acceptors (Lipinski definition) is 4. The van der Waals surface area contributed by atoms with E-state index in [1.54, 1.807) is 11.8 Å². The third-order valence-corrected chi connectivity index (χ3v) is 5.83. The summed E-state index contributed by atoms with van der Waals surface area (Å²) in [4.78, 5) is 40.6. The minimum Gasteiger partial charge on any atom is -0.336 e.